The Labute approximate surface area is 119 Å². The third-order valence-corrected chi connectivity index (χ3v) is 4.89. The molecule has 5 rings (SSSR count). The first-order chi connectivity index (χ1) is 9.83. The van der Waals surface area contributed by atoms with Crippen LogP contribution in [0, 0.1) is 5.92 Å². The maximum Gasteiger partial charge on any atom is 0.117 e. The minimum atomic E-state index is 0.412. The first-order valence-corrected chi connectivity index (χ1v) is 7.25. The van der Waals surface area contributed by atoms with Crippen LogP contribution in [0.1, 0.15) is 18.4 Å². The Bertz CT molecular complexity index is 723. The second-order valence-corrected chi connectivity index (χ2v) is 6.03. The lowest BCUT2D eigenvalue weighted by Crippen LogP contribution is -2.50. The van der Waals surface area contributed by atoms with Gasteiger partial charge in [-0.1, -0.05) is 30.4 Å². The molecule has 0 N–H and O–H groups in total. The van der Waals surface area contributed by atoms with E-state index in [1.165, 1.54) is 22.5 Å². The summed E-state index contributed by atoms with van der Waals surface area (Å²) in [6.07, 6.45) is 14.2. The molecule has 2 heteroatoms. The Balaban J connectivity index is 1.71. The molecule has 0 saturated carbocycles. The number of para-hydroxylation sites is 1. The first-order valence-electron chi connectivity index (χ1n) is 7.25. The van der Waals surface area contributed by atoms with Gasteiger partial charge in [0.15, 0.2) is 0 Å². The Kier molecular flexibility index (Phi) is 1.82. The highest BCUT2D eigenvalue weighted by molar-refractivity contribution is 5.66. The lowest BCUT2D eigenvalue weighted by atomic mass is 9.72. The van der Waals surface area contributed by atoms with Crippen molar-refractivity contribution in [1.29, 1.82) is 0 Å². The maximum atomic E-state index is 2.45. The van der Waals surface area contributed by atoms with Crippen molar-refractivity contribution >= 4 is 5.69 Å². The molecule has 3 heterocycles. The third-order valence-electron chi connectivity index (χ3n) is 4.89. The molecule has 0 saturated heterocycles. The van der Waals surface area contributed by atoms with Gasteiger partial charge in [0, 0.05) is 29.9 Å². The standard InChI is InChI=1S/C18H16N2/c1-12-8-9-19-13(10-12)11-20-17-5-3-2-4-15(17)14-6-7-16(14)18(19)20/h2-11,14,16,18H,1H3. The van der Waals surface area contributed by atoms with Gasteiger partial charge in [0.2, 0.25) is 0 Å². The van der Waals surface area contributed by atoms with Gasteiger partial charge in [0.05, 0.1) is 5.70 Å². The van der Waals surface area contributed by atoms with Crippen LogP contribution in [0.25, 0.3) is 0 Å². The lowest BCUT2D eigenvalue weighted by Gasteiger charge is -2.48. The van der Waals surface area contributed by atoms with Crippen LogP contribution in [0.5, 0.6) is 0 Å². The molecule has 0 amide bonds. The number of hydrogen-bond donors (Lipinski definition) is 0. The van der Waals surface area contributed by atoms with Crippen molar-refractivity contribution in [2.75, 3.05) is 4.90 Å². The van der Waals surface area contributed by atoms with Gasteiger partial charge in [-0.3, -0.25) is 0 Å². The molecule has 3 atom stereocenters. The molecule has 2 nitrogen and oxygen atoms in total. The molecular formula is C18H16N2. The lowest BCUT2D eigenvalue weighted by molar-refractivity contribution is 0.262. The predicted octanol–water partition coefficient (Wildman–Crippen LogP) is 3.73. The van der Waals surface area contributed by atoms with Crippen LogP contribution in [0.2, 0.25) is 0 Å². The zero-order chi connectivity index (χ0) is 13.3. The zero-order valence-corrected chi connectivity index (χ0v) is 11.4. The van der Waals surface area contributed by atoms with Crippen LogP contribution in [0.4, 0.5) is 5.69 Å². The fourth-order valence-electron chi connectivity index (χ4n) is 3.87. The van der Waals surface area contributed by atoms with Crippen molar-refractivity contribution in [2.24, 2.45) is 5.92 Å². The second-order valence-electron chi connectivity index (χ2n) is 6.03. The monoisotopic (exact) mass is 260 g/mol. The summed E-state index contributed by atoms with van der Waals surface area (Å²) in [5, 5.41) is 0. The zero-order valence-electron chi connectivity index (χ0n) is 11.4. The topological polar surface area (TPSA) is 6.48 Å². The van der Waals surface area contributed by atoms with Crippen LogP contribution < -0.4 is 4.90 Å². The van der Waals surface area contributed by atoms with Crippen molar-refractivity contribution in [2.45, 2.75) is 19.0 Å². The second kappa shape index (κ2) is 3.45. The average molecular weight is 260 g/mol. The summed E-state index contributed by atoms with van der Waals surface area (Å²) in [6, 6.07) is 8.83. The van der Waals surface area contributed by atoms with E-state index >= 15 is 0 Å². The molecule has 3 unspecified atom stereocenters. The molecule has 1 aromatic carbocycles. The van der Waals surface area contributed by atoms with Crippen molar-refractivity contribution in [1.82, 2.24) is 4.90 Å². The van der Waals surface area contributed by atoms with Crippen LogP contribution in [0.3, 0.4) is 0 Å². The van der Waals surface area contributed by atoms with E-state index in [1.54, 1.807) is 0 Å². The molecule has 98 valence electrons. The SMILES string of the molecule is CC1=CC2=CN3c4ccccc4C4C=CC4C3N2C=C1. The van der Waals surface area contributed by atoms with Gasteiger partial charge in [0.25, 0.3) is 0 Å². The number of nitrogens with zero attached hydrogens (tertiary/aromatic N) is 2. The molecular weight excluding hydrogens is 244 g/mol. The number of benzene rings is 1. The van der Waals surface area contributed by atoms with E-state index in [0.29, 0.717) is 18.0 Å². The average Bonchev–Trinajstić information content (AvgIpc) is 2.76. The fraction of sp³-hybridized carbons (Fsp3) is 0.222. The number of hydrogen-bond acceptors (Lipinski definition) is 2. The van der Waals surface area contributed by atoms with E-state index in [4.69, 9.17) is 0 Å². The molecule has 4 aliphatic rings. The maximum absolute atomic E-state index is 2.45. The largest absolute Gasteiger partial charge is 0.325 e. The van der Waals surface area contributed by atoms with Crippen molar-refractivity contribution in [3.63, 3.8) is 0 Å². The molecule has 20 heavy (non-hydrogen) atoms. The first kappa shape index (κ1) is 10.6. The summed E-state index contributed by atoms with van der Waals surface area (Å²) < 4.78 is 0. The molecule has 1 aromatic rings. The highest BCUT2D eigenvalue weighted by Crippen LogP contribution is 2.52. The van der Waals surface area contributed by atoms with Crippen molar-refractivity contribution in [3.8, 4) is 0 Å². The van der Waals surface area contributed by atoms with Gasteiger partial charge in [0.1, 0.15) is 6.17 Å². The minimum absolute atomic E-state index is 0.412. The summed E-state index contributed by atoms with van der Waals surface area (Å²) in [5.74, 6) is 1.18. The Morgan fingerprint density at radius 2 is 1.95 bits per heavy atom. The van der Waals surface area contributed by atoms with Crippen LogP contribution >= 0.6 is 0 Å². The van der Waals surface area contributed by atoms with E-state index in [9.17, 15) is 0 Å². The number of allylic oxidation sites excluding steroid dienone is 4. The van der Waals surface area contributed by atoms with Crippen molar-refractivity contribution in [3.05, 3.63) is 77.8 Å². The van der Waals surface area contributed by atoms with Gasteiger partial charge < -0.3 is 9.80 Å². The highest BCUT2D eigenvalue weighted by atomic mass is 15.4. The molecule has 0 aromatic heterocycles. The molecule has 0 fully saturated rings. The van der Waals surface area contributed by atoms with Gasteiger partial charge >= 0.3 is 0 Å². The summed E-state index contributed by atoms with van der Waals surface area (Å²) in [7, 11) is 0. The normalized spacial score (nSPS) is 31.8. The number of fused-ring (bicyclic) bond motifs is 8. The Hall–Kier alpha value is -2.22. The van der Waals surface area contributed by atoms with E-state index < -0.39 is 0 Å². The van der Waals surface area contributed by atoms with E-state index in [0.717, 1.165) is 0 Å². The third kappa shape index (κ3) is 1.15. The van der Waals surface area contributed by atoms with Crippen LogP contribution in [-0.4, -0.2) is 11.1 Å². The minimum Gasteiger partial charge on any atom is -0.325 e. The van der Waals surface area contributed by atoms with Gasteiger partial charge in [-0.05, 0) is 36.3 Å². The molecule has 0 spiro atoms. The smallest absolute Gasteiger partial charge is 0.117 e. The molecule has 1 aliphatic carbocycles. The van der Waals surface area contributed by atoms with E-state index in [1.807, 2.05) is 0 Å². The summed E-state index contributed by atoms with van der Waals surface area (Å²) in [6.45, 7) is 2.16. The molecule has 0 radical (unpaired) electrons. The fourth-order valence-corrected chi connectivity index (χ4v) is 3.87. The summed E-state index contributed by atoms with van der Waals surface area (Å²) in [4.78, 5) is 4.87. The van der Waals surface area contributed by atoms with E-state index in [2.05, 4.69) is 77.7 Å². The van der Waals surface area contributed by atoms with Crippen LogP contribution in [-0.2, 0) is 0 Å². The van der Waals surface area contributed by atoms with Gasteiger partial charge in [-0.25, -0.2) is 0 Å². The molecule has 0 bridgehead atoms. The Morgan fingerprint density at radius 3 is 2.80 bits per heavy atom. The Morgan fingerprint density at radius 1 is 1.05 bits per heavy atom. The highest BCUT2D eigenvalue weighted by Gasteiger charge is 2.47. The van der Waals surface area contributed by atoms with Crippen molar-refractivity contribution < 1.29 is 0 Å². The number of rotatable bonds is 0. The van der Waals surface area contributed by atoms with Gasteiger partial charge in [-0.15, -0.1) is 0 Å². The summed E-state index contributed by atoms with van der Waals surface area (Å²) in [5.41, 5.74) is 5.47. The predicted molar refractivity (Wildman–Crippen MR) is 80.9 cm³/mol. The van der Waals surface area contributed by atoms with Crippen LogP contribution in [0.15, 0.2) is 72.2 Å². The van der Waals surface area contributed by atoms with Gasteiger partial charge in [-0.2, -0.15) is 0 Å². The quantitative estimate of drug-likeness (QED) is 0.656. The number of anilines is 1. The van der Waals surface area contributed by atoms with E-state index in [-0.39, 0.29) is 0 Å². The molecule has 3 aliphatic heterocycles. The summed E-state index contributed by atoms with van der Waals surface area (Å²) >= 11 is 0.